The van der Waals surface area contributed by atoms with E-state index in [0.717, 1.165) is 11.6 Å². The van der Waals surface area contributed by atoms with E-state index in [0.29, 0.717) is 6.42 Å². The van der Waals surface area contributed by atoms with Crippen LogP contribution in [0, 0.1) is 11.6 Å². The van der Waals surface area contributed by atoms with Crippen molar-refractivity contribution in [1.82, 2.24) is 4.90 Å². The Labute approximate surface area is 145 Å². The van der Waals surface area contributed by atoms with Crippen molar-refractivity contribution in [3.8, 4) is 0 Å². The molecule has 0 amide bonds. The van der Waals surface area contributed by atoms with Gasteiger partial charge in [0.15, 0.2) is 0 Å². The van der Waals surface area contributed by atoms with Gasteiger partial charge in [-0.25, -0.2) is 8.78 Å². The summed E-state index contributed by atoms with van der Waals surface area (Å²) in [7, 11) is 0. The van der Waals surface area contributed by atoms with Crippen LogP contribution >= 0.6 is 0 Å². The lowest BCUT2D eigenvalue weighted by Crippen LogP contribution is -2.42. The number of aliphatic hydroxyl groups is 3. The number of likely N-dealkylation sites (tertiary alicyclic amines) is 1. The maximum atomic E-state index is 14.0. The first-order valence-electron chi connectivity index (χ1n) is 8.22. The van der Waals surface area contributed by atoms with Crippen molar-refractivity contribution in [1.29, 1.82) is 0 Å². The number of rotatable bonds is 5. The molecule has 0 spiro atoms. The van der Waals surface area contributed by atoms with Gasteiger partial charge < -0.3 is 15.3 Å². The topological polar surface area (TPSA) is 63.9 Å². The minimum Gasteiger partial charge on any atom is -0.395 e. The molecule has 0 aromatic heterocycles. The first-order valence-corrected chi connectivity index (χ1v) is 8.22. The van der Waals surface area contributed by atoms with Crippen LogP contribution in [0.15, 0.2) is 48.5 Å². The fourth-order valence-corrected chi connectivity index (χ4v) is 3.48. The van der Waals surface area contributed by atoms with Crippen LogP contribution < -0.4 is 0 Å². The molecule has 2 aromatic rings. The lowest BCUT2D eigenvalue weighted by atomic mass is 10.0. The van der Waals surface area contributed by atoms with E-state index in [1.54, 1.807) is 4.90 Å². The Morgan fingerprint density at radius 1 is 0.920 bits per heavy atom. The molecule has 0 radical (unpaired) electrons. The number of halogens is 2. The van der Waals surface area contributed by atoms with Gasteiger partial charge in [0.2, 0.25) is 0 Å². The van der Waals surface area contributed by atoms with Gasteiger partial charge in [0.25, 0.3) is 0 Å². The zero-order valence-electron chi connectivity index (χ0n) is 13.6. The van der Waals surface area contributed by atoms with Crippen LogP contribution in [-0.2, 0) is 13.0 Å². The van der Waals surface area contributed by atoms with Crippen LogP contribution in [0.1, 0.15) is 11.1 Å². The van der Waals surface area contributed by atoms with Gasteiger partial charge in [0.1, 0.15) is 11.6 Å². The second-order valence-electron chi connectivity index (χ2n) is 6.40. The Bertz CT molecular complexity index is 713. The molecule has 4 nitrogen and oxygen atoms in total. The van der Waals surface area contributed by atoms with E-state index in [2.05, 4.69) is 0 Å². The van der Waals surface area contributed by atoms with Crippen molar-refractivity contribution < 1.29 is 24.1 Å². The molecular weight excluding hydrogens is 328 g/mol. The predicted octanol–water partition coefficient (Wildman–Crippen LogP) is 1.47. The quantitative estimate of drug-likeness (QED) is 0.765. The van der Waals surface area contributed by atoms with E-state index in [9.17, 15) is 24.1 Å². The van der Waals surface area contributed by atoms with Gasteiger partial charge in [0.05, 0.1) is 24.9 Å². The van der Waals surface area contributed by atoms with Gasteiger partial charge in [-0.05, 0) is 18.1 Å². The van der Waals surface area contributed by atoms with Crippen molar-refractivity contribution in [3.05, 3.63) is 71.3 Å². The van der Waals surface area contributed by atoms with E-state index >= 15 is 0 Å². The van der Waals surface area contributed by atoms with Gasteiger partial charge in [-0.1, -0.05) is 36.4 Å². The molecule has 1 saturated heterocycles. The molecular formula is C19H21F2NO3. The lowest BCUT2D eigenvalue weighted by molar-refractivity contribution is 0.0178. The molecule has 3 rings (SSSR count). The number of hydrogen-bond donors (Lipinski definition) is 3. The largest absolute Gasteiger partial charge is 0.395 e. The summed E-state index contributed by atoms with van der Waals surface area (Å²) in [5.74, 6) is -1.35. The minimum absolute atomic E-state index is 0.0585. The molecule has 1 heterocycles. The summed E-state index contributed by atoms with van der Waals surface area (Å²) in [6.07, 6.45) is -1.76. The van der Waals surface area contributed by atoms with Crippen LogP contribution in [-0.4, -0.2) is 51.1 Å². The van der Waals surface area contributed by atoms with Crippen molar-refractivity contribution in [2.75, 3.05) is 6.61 Å². The van der Waals surface area contributed by atoms with E-state index in [1.807, 2.05) is 30.3 Å². The maximum Gasteiger partial charge on any atom is 0.130 e. The molecule has 1 fully saturated rings. The Hall–Kier alpha value is -1.86. The smallest absolute Gasteiger partial charge is 0.130 e. The molecule has 0 bridgehead atoms. The highest BCUT2D eigenvalue weighted by Crippen LogP contribution is 2.30. The Morgan fingerprint density at radius 3 is 2.24 bits per heavy atom. The summed E-state index contributed by atoms with van der Waals surface area (Å²) in [6.45, 7) is -0.310. The van der Waals surface area contributed by atoms with Gasteiger partial charge in [-0.2, -0.15) is 0 Å². The Kier molecular flexibility index (Phi) is 5.44. The lowest BCUT2D eigenvalue weighted by Gasteiger charge is -2.30. The summed E-state index contributed by atoms with van der Waals surface area (Å²) in [5, 5.41) is 30.3. The monoisotopic (exact) mass is 349 g/mol. The zero-order chi connectivity index (χ0) is 18.0. The van der Waals surface area contributed by atoms with Crippen LogP contribution in [0.3, 0.4) is 0 Å². The number of benzene rings is 2. The number of aliphatic hydroxyl groups excluding tert-OH is 3. The first kappa shape index (κ1) is 17.9. The van der Waals surface area contributed by atoms with Crippen LogP contribution in [0.25, 0.3) is 0 Å². The summed E-state index contributed by atoms with van der Waals surface area (Å²) in [5.41, 5.74) is 1.21. The number of hydrogen-bond acceptors (Lipinski definition) is 4. The van der Waals surface area contributed by atoms with Crippen molar-refractivity contribution in [2.45, 2.75) is 37.3 Å². The molecule has 1 aliphatic heterocycles. The fourth-order valence-electron chi connectivity index (χ4n) is 3.48. The van der Waals surface area contributed by atoms with E-state index < -0.39 is 35.9 Å². The molecule has 134 valence electrons. The van der Waals surface area contributed by atoms with Gasteiger partial charge in [-0.15, -0.1) is 0 Å². The average Bonchev–Trinajstić information content (AvgIpc) is 2.82. The highest BCUT2D eigenvalue weighted by Gasteiger charge is 2.47. The average molecular weight is 349 g/mol. The Balaban J connectivity index is 1.88. The van der Waals surface area contributed by atoms with Crippen LogP contribution in [0.5, 0.6) is 0 Å². The minimum atomic E-state index is -1.14. The van der Waals surface area contributed by atoms with E-state index in [4.69, 9.17) is 0 Å². The van der Waals surface area contributed by atoms with E-state index in [1.165, 1.54) is 12.1 Å². The summed E-state index contributed by atoms with van der Waals surface area (Å²) in [4.78, 5) is 1.69. The highest BCUT2D eigenvalue weighted by molar-refractivity contribution is 5.21. The second kappa shape index (κ2) is 7.58. The summed E-state index contributed by atoms with van der Waals surface area (Å²) >= 11 is 0. The third-order valence-electron chi connectivity index (χ3n) is 4.83. The molecule has 2 aromatic carbocycles. The normalized spacial score (nSPS) is 26.9. The molecule has 3 N–H and O–H groups in total. The highest BCUT2D eigenvalue weighted by atomic mass is 19.1. The molecule has 0 unspecified atom stereocenters. The zero-order valence-corrected chi connectivity index (χ0v) is 13.6. The third-order valence-corrected chi connectivity index (χ3v) is 4.83. The maximum absolute atomic E-state index is 14.0. The molecule has 4 atom stereocenters. The molecule has 0 aliphatic carbocycles. The first-order chi connectivity index (χ1) is 12.0. The molecule has 6 heteroatoms. The van der Waals surface area contributed by atoms with Crippen molar-refractivity contribution in [3.63, 3.8) is 0 Å². The number of nitrogens with zero attached hydrogens (tertiary/aromatic N) is 1. The van der Waals surface area contributed by atoms with Gasteiger partial charge in [-0.3, -0.25) is 4.90 Å². The van der Waals surface area contributed by atoms with Crippen molar-refractivity contribution >= 4 is 0 Å². The summed E-state index contributed by atoms with van der Waals surface area (Å²) < 4.78 is 27.1. The molecule has 0 saturated carbocycles. The predicted molar refractivity (Wildman–Crippen MR) is 88.7 cm³/mol. The SMILES string of the molecule is OC[C@@H]1[C@@H](O)[C@@H](O)[C@H](Cc2ccccc2)N1Cc1ccc(F)cc1F. The van der Waals surface area contributed by atoms with Gasteiger partial charge >= 0.3 is 0 Å². The third kappa shape index (κ3) is 3.72. The van der Waals surface area contributed by atoms with Crippen LogP contribution in [0.4, 0.5) is 8.78 Å². The Morgan fingerprint density at radius 2 is 1.60 bits per heavy atom. The van der Waals surface area contributed by atoms with Crippen molar-refractivity contribution in [2.24, 2.45) is 0 Å². The summed E-state index contributed by atoms with van der Waals surface area (Å²) in [6, 6.07) is 11.6. The second-order valence-corrected chi connectivity index (χ2v) is 6.40. The van der Waals surface area contributed by atoms with Gasteiger partial charge in [0, 0.05) is 24.2 Å². The fraction of sp³-hybridized carbons (Fsp3) is 0.368. The molecule has 1 aliphatic rings. The van der Waals surface area contributed by atoms with Crippen LogP contribution in [0.2, 0.25) is 0 Å². The standard InChI is InChI=1S/C19H21F2NO3/c20-14-7-6-13(15(21)9-14)10-22-16(8-12-4-2-1-3-5-12)18(24)19(25)17(22)11-23/h1-7,9,16-19,23-25H,8,10-11H2/t16-,17+,18-,19+/m0/s1. The molecule has 25 heavy (non-hydrogen) atoms. The van der Waals surface area contributed by atoms with E-state index in [-0.39, 0.29) is 18.7 Å².